The van der Waals surface area contributed by atoms with Gasteiger partial charge in [-0.15, -0.1) is 11.3 Å². The molecule has 2 N–H and O–H groups in total. The Bertz CT molecular complexity index is 1410. The van der Waals surface area contributed by atoms with Crippen LogP contribution in [0.3, 0.4) is 0 Å². The number of hydrogen-bond acceptors (Lipinski definition) is 9. The van der Waals surface area contributed by atoms with E-state index in [1.807, 2.05) is 46.0 Å². The number of fused-ring (bicyclic) bond motifs is 1. The maximum atomic E-state index is 12.6. The third-order valence-corrected chi connectivity index (χ3v) is 8.49. The Labute approximate surface area is 246 Å². The van der Waals surface area contributed by atoms with Gasteiger partial charge in [-0.2, -0.15) is 5.10 Å². The van der Waals surface area contributed by atoms with Crippen LogP contribution in [0.25, 0.3) is 10.4 Å². The van der Waals surface area contributed by atoms with Crippen molar-refractivity contribution >= 4 is 29.0 Å². The second kappa shape index (κ2) is 12.2. The number of ether oxygens (including phenoxy) is 2. The highest BCUT2D eigenvalue weighted by Gasteiger charge is 2.26. The standard InChI is InChI=1S/C31H40N6O3S/c1-20-25-18-32-28(37-13-15-39-16-14-37)17-24(25)29(35-34-20)33-21(2)26-11-12-27(41-26)23-10-8-7-9-22(23)19-36(6)30(38)40-31(3,4)5/h7-12,17-18,21,29,33,35H,13-16,19H2,1-6H3/t21-,29?/m1/s1. The van der Waals surface area contributed by atoms with Crippen LogP contribution >= 0.6 is 11.3 Å². The van der Waals surface area contributed by atoms with Crippen molar-refractivity contribution in [1.29, 1.82) is 0 Å². The predicted octanol–water partition coefficient (Wildman–Crippen LogP) is 5.69. The number of rotatable bonds is 7. The SMILES string of the molecule is CC1=NNC(N[C@H](C)c2ccc(-c3ccccc3CN(C)C(=O)OC(C)(C)C)s2)c2cc(N3CCOCC3)ncc21. The van der Waals surface area contributed by atoms with E-state index in [-0.39, 0.29) is 18.3 Å². The molecule has 1 fully saturated rings. The normalized spacial score (nSPS) is 17.8. The molecular formula is C31H40N6O3S. The van der Waals surface area contributed by atoms with Crippen LogP contribution in [-0.4, -0.2) is 60.6 Å². The lowest BCUT2D eigenvalue weighted by Crippen LogP contribution is -2.39. The summed E-state index contributed by atoms with van der Waals surface area (Å²) in [5, 5.41) is 8.30. The fraction of sp³-hybridized carbons (Fsp3) is 0.452. The lowest BCUT2D eigenvalue weighted by Gasteiger charge is -2.31. The first-order chi connectivity index (χ1) is 19.6. The number of thiophene rings is 1. The molecule has 2 atom stereocenters. The molecule has 3 aromatic rings. The summed E-state index contributed by atoms with van der Waals surface area (Å²) >= 11 is 1.75. The fourth-order valence-corrected chi connectivity index (χ4v) is 6.08. The van der Waals surface area contributed by atoms with Crippen molar-refractivity contribution in [2.75, 3.05) is 38.3 Å². The van der Waals surface area contributed by atoms with Gasteiger partial charge < -0.3 is 19.3 Å². The Kier molecular flexibility index (Phi) is 8.63. The van der Waals surface area contributed by atoms with Gasteiger partial charge in [0.25, 0.3) is 0 Å². The van der Waals surface area contributed by atoms with Crippen LogP contribution in [0.5, 0.6) is 0 Å². The second-order valence-electron chi connectivity index (χ2n) is 11.6. The first-order valence-electron chi connectivity index (χ1n) is 14.1. The van der Waals surface area contributed by atoms with Gasteiger partial charge in [0.1, 0.15) is 17.6 Å². The van der Waals surface area contributed by atoms with E-state index >= 15 is 0 Å². The number of carbonyl (C=O) groups excluding carboxylic acids is 1. The third kappa shape index (κ3) is 6.89. The van der Waals surface area contributed by atoms with Gasteiger partial charge in [-0.1, -0.05) is 24.3 Å². The number of morpholine rings is 1. The van der Waals surface area contributed by atoms with Gasteiger partial charge in [-0.25, -0.2) is 9.78 Å². The monoisotopic (exact) mass is 576 g/mol. The molecule has 218 valence electrons. The zero-order chi connectivity index (χ0) is 29.1. The first-order valence-corrected chi connectivity index (χ1v) is 14.9. The topological polar surface area (TPSA) is 91.3 Å². The largest absolute Gasteiger partial charge is 0.444 e. The van der Waals surface area contributed by atoms with E-state index in [1.54, 1.807) is 23.3 Å². The molecular weight excluding hydrogens is 536 g/mol. The Morgan fingerprint density at radius 2 is 1.98 bits per heavy atom. The zero-order valence-corrected chi connectivity index (χ0v) is 25.5. The highest BCUT2D eigenvalue weighted by atomic mass is 32.1. The molecule has 1 aromatic carbocycles. The van der Waals surface area contributed by atoms with Crippen LogP contribution in [0.2, 0.25) is 0 Å². The molecule has 2 aliphatic heterocycles. The summed E-state index contributed by atoms with van der Waals surface area (Å²) in [4.78, 5) is 23.6. The van der Waals surface area contributed by atoms with Crippen molar-refractivity contribution in [2.45, 2.75) is 59.0 Å². The van der Waals surface area contributed by atoms with Gasteiger partial charge in [-0.3, -0.25) is 10.7 Å². The van der Waals surface area contributed by atoms with Crippen molar-refractivity contribution in [3.05, 3.63) is 70.2 Å². The number of hydrogen-bond donors (Lipinski definition) is 2. The van der Waals surface area contributed by atoms with Gasteiger partial charge in [-0.05, 0) is 63.9 Å². The Morgan fingerprint density at radius 1 is 1.22 bits per heavy atom. The average Bonchev–Trinajstić information content (AvgIpc) is 3.45. The number of aromatic nitrogens is 1. The lowest BCUT2D eigenvalue weighted by molar-refractivity contribution is 0.0285. The second-order valence-corrected chi connectivity index (χ2v) is 12.7. The van der Waals surface area contributed by atoms with Gasteiger partial charge in [0.15, 0.2) is 0 Å². The smallest absolute Gasteiger partial charge is 0.410 e. The summed E-state index contributed by atoms with van der Waals surface area (Å²) in [6, 6.07) is 14.8. The van der Waals surface area contributed by atoms with Gasteiger partial charge >= 0.3 is 6.09 Å². The molecule has 0 aliphatic carbocycles. The molecule has 4 heterocycles. The number of nitrogens with one attached hydrogen (secondary N) is 2. The zero-order valence-electron chi connectivity index (χ0n) is 24.7. The summed E-state index contributed by atoms with van der Waals surface area (Å²) in [5.41, 5.74) is 8.11. The molecule has 5 rings (SSSR count). The van der Waals surface area contributed by atoms with E-state index in [2.05, 4.69) is 58.0 Å². The summed E-state index contributed by atoms with van der Waals surface area (Å²) in [5.74, 6) is 0.967. The van der Waals surface area contributed by atoms with Gasteiger partial charge in [0.2, 0.25) is 0 Å². The van der Waals surface area contributed by atoms with E-state index in [1.165, 1.54) is 4.88 Å². The number of anilines is 1. The highest BCUT2D eigenvalue weighted by Crippen LogP contribution is 2.35. The van der Waals surface area contributed by atoms with Crippen LogP contribution in [-0.2, 0) is 16.0 Å². The molecule has 1 unspecified atom stereocenters. The van der Waals surface area contributed by atoms with Crippen molar-refractivity contribution < 1.29 is 14.3 Å². The third-order valence-electron chi connectivity index (χ3n) is 7.18. The minimum Gasteiger partial charge on any atom is -0.444 e. The van der Waals surface area contributed by atoms with Crippen molar-refractivity contribution in [3.63, 3.8) is 0 Å². The molecule has 0 radical (unpaired) electrons. The molecule has 1 saturated heterocycles. The summed E-state index contributed by atoms with van der Waals surface area (Å²) < 4.78 is 11.1. The molecule has 9 nitrogen and oxygen atoms in total. The maximum Gasteiger partial charge on any atom is 0.410 e. The molecule has 1 amide bonds. The van der Waals surface area contributed by atoms with Crippen LogP contribution in [0.4, 0.5) is 10.6 Å². The molecule has 41 heavy (non-hydrogen) atoms. The van der Waals surface area contributed by atoms with E-state index in [0.29, 0.717) is 6.54 Å². The number of carbonyl (C=O) groups is 1. The van der Waals surface area contributed by atoms with Crippen molar-refractivity contribution in [2.24, 2.45) is 5.10 Å². The number of hydrazone groups is 1. The first kappa shape index (κ1) is 29.0. The fourth-order valence-electron chi connectivity index (χ4n) is 5.00. The van der Waals surface area contributed by atoms with E-state index in [0.717, 1.165) is 65.0 Å². The van der Waals surface area contributed by atoms with Crippen molar-refractivity contribution in [3.8, 4) is 10.4 Å². The minimum atomic E-state index is -0.533. The van der Waals surface area contributed by atoms with Gasteiger partial charge in [0.05, 0.1) is 18.9 Å². The molecule has 0 spiro atoms. The van der Waals surface area contributed by atoms with Crippen LogP contribution in [0.1, 0.15) is 68.4 Å². The lowest BCUT2D eigenvalue weighted by atomic mass is 10.0. The van der Waals surface area contributed by atoms with Crippen LogP contribution < -0.4 is 15.6 Å². The predicted molar refractivity (Wildman–Crippen MR) is 164 cm³/mol. The summed E-state index contributed by atoms with van der Waals surface area (Å²) in [7, 11) is 1.77. The summed E-state index contributed by atoms with van der Waals surface area (Å²) in [6.45, 7) is 13.4. The van der Waals surface area contributed by atoms with Crippen LogP contribution in [0.15, 0.2) is 53.8 Å². The maximum absolute atomic E-state index is 12.6. The Hall–Kier alpha value is -3.47. The molecule has 0 saturated carbocycles. The van der Waals surface area contributed by atoms with E-state index in [4.69, 9.17) is 14.5 Å². The average molecular weight is 577 g/mol. The summed E-state index contributed by atoms with van der Waals surface area (Å²) in [6.07, 6.45) is 1.46. The molecule has 2 aliphatic rings. The number of nitrogens with zero attached hydrogens (tertiary/aromatic N) is 4. The Balaban J connectivity index is 1.32. The van der Waals surface area contributed by atoms with Gasteiger partial charge in [0, 0.05) is 59.8 Å². The highest BCUT2D eigenvalue weighted by molar-refractivity contribution is 7.15. The van der Waals surface area contributed by atoms with Crippen LogP contribution in [0, 0.1) is 0 Å². The number of benzene rings is 1. The van der Waals surface area contributed by atoms with Crippen molar-refractivity contribution in [1.82, 2.24) is 20.6 Å². The van der Waals surface area contributed by atoms with E-state index in [9.17, 15) is 4.79 Å². The number of pyridine rings is 1. The van der Waals surface area contributed by atoms with E-state index < -0.39 is 5.60 Å². The number of amides is 1. The minimum absolute atomic E-state index is 0.0734. The quantitative estimate of drug-likeness (QED) is 0.373. The molecule has 2 aromatic heterocycles. The molecule has 0 bridgehead atoms. The Morgan fingerprint density at radius 3 is 2.73 bits per heavy atom. The molecule has 10 heteroatoms.